The molecule has 5 heteroatoms. The fourth-order valence-electron chi connectivity index (χ4n) is 1.49. The lowest BCUT2D eigenvalue weighted by Gasteiger charge is -2.03. The number of hydrogen-bond acceptors (Lipinski definition) is 3. The van der Waals surface area contributed by atoms with Gasteiger partial charge in [-0.1, -0.05) is 6.92 Å². The molecule has 2 aromatic heterocycles. The number of rotatable bonds is 5. The summed E-state index contributed by atoms with van der Waals surface area (Å²) in [7, 11) is 0. The van der Waals surface area contributed by atoms with Gasteiger partial charge in [-0.15, -0.1) is 0 Å². The molecule has 0 unspecified atom stereocenters. The third-order valence-electron chi connectivity index (χ3n) is 2.31. The Kier molecular flexibility index (Phi) is 3.79. The topological polar surface area (TPSA) is 43.0 Å². The SMILES string of the molecule is CCNCc1ccoc1Cn1cc(Br)cn1. The molecule has 0 aliphatic heterocycles. The average molecular weight is 284 g/mol. The molecule has 2 heterocycles. The highest BCUT2D eigenvalue weighted by molar-refractivity contribution is 9.10. The van der Waals surface area contributed by atoms with E-state index in [0.717, 1.165) is 23.3 Å². The molecule has 1 N–H and O–H groups in total. The fourth-order valence-corrected chi connectivity index (χ4v) is 1.82. The van der Waals surface area contributed by atoms with Crippen molar-refractivity contribution in [1.29, 1.82) is 0 Å². The second-order valence-corrected chi connectivity index (χ2v) is 4.42. The Morgan fingerprint density at radius 3 is 3.12 bits per heavy atom. The number of aromatic nitrogens is 2. The van der Waals surface area contributed by atoms with E-state index in [9.17, 15) is 0 Å². The van der Waals surface area contributed by atoms with E-state index in [1.54, 1.807) is 12.5 Å². The molecule has 4 nitrogen and oxygen atoms in total. The molecule has 2 rings (SSSR count). The predicted octanol–water partition coefficient (Wildman–Crippen LogP) is 2.40. The van der Waals surface area contributed by atoms with Gasteiger partial charge in [-0.2, -0.15) is 5.10 Å². The van der Waals surface area contributed by atoms with E-state index in [4.69, 9.17) is 4.42 Å². The van der Waals surface area contributed by atoms with Gasteiger partial charge in [0, 0.05) is 18.3 Å². The minimum atomic E-state index is 0.666. The van der Waals surface area contributed by atoms with Crippen molar-refractivity contribution in [3.05, 3.63) is 40.5 Å². The quantitative estimate of drug-likeness (QED) is 0.916. The summed E-state index contributed by atoms with van der Waals surface area (Å²) in [5.41, 5.74) is 1.19. The number of furan rings is 1. The van der Waals surface area contributed by atoms with Gasteiger partial charge in [-0.05, 0) is 28.5 Å². The zero-order valence-corrected chi connectivity index (χ0v) is 10.7. The van der Waals surface area contributed by atoms with E-state index in [1.807, 2.05) is 16.9 Å². The Bertz CT molecular complexity index is 450. The molecule has 0 saturated carbocycles. The van der Waals surface area contributed by atoms with Crippen molar-refractivity contribution in [2.45, 2.75) is 20.0 Å². The van der Waals surface area contributed by atoms with Gasteiger partial charge in [0.25, 0.3) is 0 Å². The predicted molar refractivity (Wildman–Crippen MR) is 65.1 cm³/mol. The molecule has 0 aromatic carbocycles. The van der Waals surface area contributed by atoms with Gasteiger partial charge in [0.15, 0.2) is 0 Å². The highest BCUT2D eigenvalue weighted by Gasteiger charge is 2.07. The maximum atomic E-state index is 5.46. The Morgan fingerprint density at radius 2 is 2.44 bits per heavy atom. The number of nitrogens with one attached hydrogen (secondary N) is 1. The average Bonchev–Trinajstić information content (AvgIpc) is 2.86. The summed E-state index contributed by atoms with van der Waals surface area (Å²) in [6.07, 6.45) is 5.42. The van der Waals surface area contributed by atoms with Crippen LogP contribution in [0.25, 0.3) is 0 Å². The Morgan fingerprint density at radius 1 is 1.56 bits per heavy atom. The van der Waals surface area contributed by atoms with Gasteiger partial charge >= 0.3 is 0 Å². The highest BCUT2D eigenvalue weighted by Crippen LogP contribution is 2.13. The maximum absolute atomic E-state index is 5.46. The summed E-state index contributed by atoms with van der Waals surface area (Å²) in [4.78, 5) is 0. The summed E-state index contributed by atoms with van der Waals surface area (Å²) in [5, 5.41) is 7.48. The van der Waals surface area contributed by atoms with Crippen LogP contribution in [0, 0.1) is 0 Å². The summed E-state index contributed by atoms with van der Waals surface area (Å²) >= 11 is 3.37. The molecule has 86 valence electrons. The van der Waals surface area contributed by atoms with Crippen molar-refractivity contribution >= 4 is 15.9 Å². The van der Waals surface area contributed by atoms with Crippen LogP contribution >= 0.6 is 15.9 Å². The first-order valence-electron chi connectivity index (χ1n) is 5.23. The molecule has 0 radical (unpaired) electrons. The van der Waals surface area contributed by atoms with Crippen LogP contribution < -0.4 is 5.32 Å². The molecule has 0 spiro atoms. The van der Waals surface area contributed by atoms with Gasteiger partial charge in [0.1, 0.15) is 5.76 Å². The van der Waals surface area contributed by atoms with E-state index >= 15 is 0 Å². The molecule has 0 aliphatic rings. The van der Waals surface area contributed by atoms with Crippen molar-refractivity contribution in [3.8, 4) is 0 Å². The van der Waals surface area contributed by atoms with Gasteiger partial charge < -0.3 is 9.73 Å². The van der Waals surface area contributed by atoms with Gasteiger partial charge in [-0.25, -0.2) is 0 Å². The van der Waals surface area contributed by atoms with Crippen LogP contribution in [-0.4, -0.2) is 16.3 Å². The van der Waals surface area contributed by atoms with Crippen molar-refractivity contribution < 1.29 is 4.42 Å². The van der Waals surface area contributed by atoms with Crippen molar-refractivity contribution in [2.75, 3.05) is 6.54 Å². The second kappa shape index (κ2) is 5.32. The van der Waals surface area contributed by atoms with Crippen LogP contribution in [0.3, 0.4) is 0 Å². The molecular formula is C11H14BrN3O. The van der Waals surface area contributed by atoms with E-state index in [1.165, 1.54) is 5.56 Å². The molecule has 0 fully saturated rings. The monoisotopic (exact) mass is 283 g/mol. The fraction of sp³-hybridized carbons (Fsp3) is 0.364. The second-order valence-electron chi connectivity index (χ2n) is 3.51. The zero-order chi connectivity index (χ0) is 11.4. The number of hydrogen-bond donors (Lipinski definition) is 1. The first-order valence-corrected chi connectivity index (χ1v) is 6.03. The van der Waals surface area contributed by atoms with Crippen molar-refractivity contribution in [1.82, 2.24) is 15.1 Å². The standard InChI is InChI=1S/C11H14BrN3O/c1-2-13-5-9-3-4-16-11(9)8-15-7-10(12)6-14-15/h3-4,6-7,13H,2,5,8H2,1H3. The van der Waals surface area contributed by atoms with Crippen molar-refractivity contribution in [3.63, 3.8) is 0 Å². The zero-order valence-electron chi connectivity index (χ0n) is 9.11. The molecule has 0 saturated heterocycles. The summed E-state index contributed by atoms with van der Waals surface area (Å²) in [6, 6.07) is 2.00. The Labute approximate surface area is 103 Å². The Balaban J connectivity index is 2.06. The summed E-state index contributed by atoms with van der Waals surface area (Å²) in [6.45, 7) is 4.55. The van der Waals surface area contributed by atoms with Crippen LogP contribution in [0.5, 0.6) is 0 Å². The van der Waals surface area contributed by atoms with Crippen LogP contribution in [0.1, 0.15) is 18.2 Å². The highest BCUT2D eigenvalue weighted by atomic mass is 79.9. The minimum absolute atomic E-state index is 0.666. The lowest BCUT2D eigenvalue weighted by molar-refractivity contribution is 0.473. The van der Waals surface area contributed by atoms with E-state index in [-0.39, 0.29) is 0 Å². The van der Waals surface area contributed by atoms with Gasteiger partial charge in [0.2, 0.25) is 0 Å². The van der Waals surface area contributed by atoms with Gasteiger partial charge in [0.05, 0.1) is 23.5 Å². The third-order valence-corrected chi connectivity index (χ3v) is 2.72. The van der Waals surface area contributed by atoms with Crippen LogP contribution in [0.4, 0.5) is 0 Å². The van der Waals surface area contributed by atoms with E-state index in [0.29, 0.717) is 6.54 Å². The first kappa shape index (κ1) is 11.4. The van der Waals surface area contributed by atoms with Crippen LogP contribution in [-0.2, 0) is 13.1 Å². The lowest BCUT2D eigenvalue weighted by Crippen LogP contribution is -2.13. The number of halogens is 1. The van der Waals surface area contributed by atoms with Crippen molar-refractivity contribution in [2.24, 2.45) is 0 Å². The molecule has 0 aliphatic carbocycles. The first-order chi connectivity index (χ1) is 7.79. The van der Waals surface area contributed by atoms with E-state index in [2.05, 4.69) is 33.3 Å². The molecule has 0 amide bonds. The third kappa shape index (κ3) is 2.74. The molecule has 0 atom stereocenters. The largest absolute Gasteiger partial charge is 0.467 e. The maximum Gasteiger partial charge on any atom is 0.129 e. The molecule has 16 heavy (non-hydrogen) atoms. The van der Waals surface area contributed by atoms with Crippen LogP contribution in [0.15, 0.2) is 33.6 Å². The van der Waals surface area contributed by atoms with E-state index < -0.39 is 0 Å². The molecule has 2 aromatic rings. The Hall–Kier alpha value is -1.07. The molecular weight excluding hydrogens is 270 g/mol. The minimum Gasteiger partial charge on any atom is -0.467 e. The smallest absolute Gasteiger partial charge is 0.129 e. The summed E-state index contributed by atoms with van der Waals surface area (Å²) in [5.74, 6) is 0.955. The normalized spacial score (nSPS) is 10.9. The lowest BCUT2D eigenvalue weighted by atomic mass is 10.2. The number of nitrogens with zero attached hydrogens (tertiary/aromatic N) is 2. The van der Waals surface area contributed by atoms with Gasteiger partial charge in [-0.3, -0.25) is 4.68 Å². The molecule has 0 bridgehead atoms. The van der Waals surface area contributed by atoms with Crippen LogP contribution in [0.2, 0.25) is 0 Å². The summed E-state index contributed by atoms with van der Waals surface area (Å²) < 4.78 is 8.28.